The Balaban J connectivity index is 2.52. The number of pyridine rings is 1. The zero-order chi connectivity index (χ0) is 14.8. The van der Waals surface area contributed by atoms with Crippen LogP contribution in [0.15, 0.2) is 30.5 Å². The molecule has 0 saturated heterocycles. The molecule has 0 radical (unpaired) electrons. The molecular formula is C15H16N4O. The van der Waals surface area contributed by atoms with Gasteiger partial charge in [-0.05, 0) is 19.9 Å². The van der Waals surface area contributed by atoms with Gasteiger partial charge < -0.3 is 11.1 Å². The van der Waals surface area contributed by atoms with Crippen LogP contribution in [-0.2, 0) is 4.79 Å². The predicted molar refractivity (Wildman–Crippen MR) is 78.0 cm³/mol. The lowest BCUT2D eigenvalue weighted by molar-refractivity contribution is -0.118. The van der Waals surface area contributed by atoms with E-state index in [1.807, 2.05) is 38.1 Å². The molecule has 0 aliphatic carbocycles. The maximum absolute atomic E-state index is 11.1. The number of nitriles is 1. The Morgan fingerprint density at radius 1 is 1.45 bits per heavy atom. The zero-order valence-electron chi connectivity index (χ0n) is 11.5. The third kappa shape index (κ3) is 2.86. The fraction of sp³-hybridized carbons (Fsp3) is 0.267. The molecule has 20 heavy (non-hydrogen) atoms. The van der Waals surface area contributed by atoms with Crippen molar-refractivity contribution in [2.24, 2.45) is 5.73 Å². The number of anilines is 1. The highest BCUT2D eigenvalue weighted by molar-refractivity contribution is 5.94. The number of nitrogens with two attached hydrogens (primary N) is 1. The molecule has 0 saturated carbocycles. The van der Waals surface area contributed by atoms with Crippen molar-refractivity contribution in [2.45, 2.75) is 25.8 Å². The van der Waals surface area contributed by atoms with Crippen LogP contribution in [0.1, 0.15) is 25.8 Å². The fourth-order valence-corrected chi connectivity index (χ4v) is 2.18. The van der Waals surface area contributed by atoms with E-state index in [9.17, 15) is 10.1 Å². The minimum absolute atomic E-state index is 0.175. The first-order valence-electron chi connectivity index (χ1n) is 6.27. The van der Waals surface area contributed by atoms with Crippen molar-refractivity contribution in [1.82, 2.24) is 4.98 Å². The summed E-state index contributed by atoms with van der Waals surface area (Å²) in [7, 11) is 0. The number of primary amides is 1. The van der Waals surface area contributed by atoms with Crippen LogP contribution in [0.4, 0.5) is 5.69 Å². The van der Waals surface area contributed by atoms with Crippen molar-refractivity contribution < 1.29 is 4.79 Å². The number of para-hydroxylation sites is 1. The van der Waals surface area contributed by atoms with E-state index >= 15 is 0 Å². The van der Waals surface area contributed by atoms with Gasteiger partial charge >= 0.3 is 0 Å². The molecule has 0 fully saturated rings. The molecule has 5 nitrogen and oxygen atoms in total. The zero-order valence-corrected chi connectivity index (χ0v) is 11.5. The highest BCUT2D eigenvalue weighted by Crippen LogP contribution is 2.29. The summed E-state index contributed by atoms with van der Waals surface area (Å²) >= 11 is 0. The molecule has 102 valence electrons. The molecule has 0 atom stereocenters. The summed E-state index contributed by atoms with van der Waals surface area (Å²) in [5.74, 6) is -0.389. The molecule has 2 rings (SSSR count). The molecule has 0 unspecified atom stereocenters. The number of rotatable bonds is 4. The summed E-state index contributed by atoms with van der Waals surface area (Å²) in [5, 5.41) is 13.3. The third-order valence-electron chi connectivity index (χ3n) is 2.98. The minimum atomic E-state index is -0.540. The Bertz CT molecular complexity index is 701. The number of carbonyl (C=O) groups excluding carboxylic acids is 1. The second-order valence-corrected chi connectivity index (χ2v) is 5.33. The van der Waals surface area contributed by atoms with Gasteiger partial charge in [0.05, 0.1) is 16.8 Å². The van der Waals surface area contributed by atoms with E-state index in [0.717, 1.165) is 10.9 Å². The van der Waals surface area contributed by atoms with E-state index < -0.39 is 5.54 Å². The van der Waals surface area contributed by atoms with Crippen molar-refractivity contribution in [1.29, 1.82) is 5.26 Å². The molecule has 1 aromatic carbocycles. The van der Waals surface area contributed by atoms with Gasteiger partial charge in [-0.2, -0.15) is 5.26 Å². The Morgan fingerprint density at radius 2 is 2.15 bits per heavy atom. The largest absolute Gasteiger partial charge is 0.378 e. The first-order valence-corrected chi connectivity index (χ1v) is 6.27. The van der Waals surface area contributed by atoms with Gasteiger partial charge in [0.2, 0.25) is 5.91 Å². The molecule has 2 aromatic rings. The molecule has 5 heteroatoms. The van der Waals surface area contributed by atoms with Crippen molar-refractivity contribution in [3.05, 3.63) is 36.0 Å². The van der Waals surface area contributed by atoms with E-state index in [0.29, 0.717) is 11.3 Å². The first-order chi connectivity index (χ1) is 9.43. The summed E-state index contributed by atoms with van der Waals surface area (Å²) in [6.07, 6.45) is 1.71. The van der Waals surface area contributed by atoms with Gasteiger partial charge in [-0.3, -0.25) is 9.78 Å². The predicted octanol–water partition coefficient (Wildman–Crippen LogP) is 2.17. The molecule has 3 N–H and O–H groups in total. The lowest BCUT2D eigenvalue weighted by Gasteiger charge is -2.27. The number of nitrogens with zero attached hydrogens (tertiary/aromatic N) is 2. The van der Waals surface area contributed by atoms with E-state index in [2.05, 4.69) is 16.4 Å². The fourth-order valence-electron chi connectivity index (χ4n) is 2.18. The normalized spacial score (nSPS) is 11.1. The minimum Gasteiger partial charge on any atom is -0.378 e. The number of hydrogen-bond donors (Lipinski definition) is 2. The third-order valence-corrected chi connectivity index (χ3v) is 2.98. The lowest BCUT2D eigenvalue weighted by Crippen LogP contribution is -2.36. The highest BCUT2D eigenvalue weighted by Gasteiger charge is 2.22. The van der Waals surface area contributed by atoms with Crippen molar-refractivity contribution in [2.75, 3.05) is 5.32 Å². The maximum atomic E-state index is 11.1. The van der Waals surface area contributed by atoms with Gasteiger partial charge in [0.15, 0.2) is 0 Å². The van der Waals surface area contributed by atoms with Crippen molar-refractivity contribution >= 4 is 22.5 Å². The Kier molecular flexibility index (Phi) is 3.57. The van der Waals surface area contributed by atoms with Gasteiger partial charge in [-0.15, -0.1) is 0 Å². The second-order valence-electron chi connectivity index (χ2n) is 5.33. The van der Waals surface area contributed by atoms with E-state index in [1.54, 1.807) is 0 Å². The quantitative estimate of drug-likeness (QED) is 0.888. The number of hydrogen-bond acceptors (Lipinski definition) is 4. The number of carbonyl (C=O) groups is 1. The summed E-state index contributed by atoms with van der Waals surface area (Å²) in [5.41, 5.74) is 6.64. The van der Waals surface area contributed by atoms with Gasteiger partial charge in [-0.1, -0.05) is 18.2 Å². The lowest BCUT2D eigenvalue weighted by atomic mass is 9.98. The average molecular weight is 268 g/mol. The topological polar surface area (TPSA) is 91.8 Å². The smallest absolute Gasteiger partial charge is 0.219 e. The number of benzene rings is 1. The van der Waals surface area contributed by atoms with E-state index in [-0.39, 0.29) is 12.3 Å². The molecule has 0 aliphatic heterocycles. The SMILES string of the molecule is CC(C)(CC(N)=O)Nc1c(C#N)cnc2ccccc12. The Labute approximate surface area is 117 Å². The number of aromatic nitrogens is 1. The van der Waals surface area contributed by atoms with Crippen LogP contribution >= 0.6 is 0 Å². The molecule has 1 aromatic heterocycles. The van der Waals surface area contributed by atoms with Crippen molar-refractivity contribution in [3.8, 4) is 6.07 Å². The van der Waals surface area contributed by atoms with Crippen LogP contribution in [-0.4, -0.2) is 16.4 Å². The highest BCUT2D eigenvalue weighted by atomic mass is 16.1. The second kappa shape index (κ2) is 5.17. The monoisotopic (exact) mass is 268 g/mol. The molecule has 1 heterocycles. The Morgan fingerprint density at radius 3 is 2.80 bits per heavy atom. The van der Waals surface area contributed by atoms with Crippen molar-refractivity contribution in [3.63, 3.8) is 0 Å². The first kappa shape index (κ1) is 13.8. The van der Waals surface area contributed by atoms with Gasteiger partial charge in [0.25, 0.3) is 0 Å². The number of nitrogens with one attached hydrogen (secondary N) is 1. The molecule has 1 amide bonds. The van der Waals surface area contributed by atoms with Crippen LogP contribution in [0.5, 0.6) is 0 Å². The van der Waals surface area contributed by atoms with Crippen LogP contribution in [0.2, 0.25) is 0 Å². The van der Waals surface area contributed by atoms with Gasteiger partial charge in [0.1, 0.15) is 6.07 Å². The van der Waals surface area contributed by atoms with Gasteiger partial charge in [-0.25, -0.2) is 0 Å². The van der Waals surface area contributed by atoms with Crippen LogP contribution in [0.3, 0.4) is 0 Å². The molecular weight excluding hydrogens is 252 g/mol. The number of fused-ring (bicyclic) bond motifs is 1. The summed E-state index contributed by atoms with van der Waals surface area (Å²) in [4.78, 5) is 15.4. The van der Waals surface area contributed by atoms with Crippen LogP contribution in [0, 0.1) is 11.3 Å². The summed E-state index contributed by atoms with van der Waals surface area (Å²) < 4.78 is 0. The molecule has 0 spiro atoms. The summed E-state index contributed by atoms with van der Waals surface area (Å²) in [6.45, 7) is 3.74. The van der Waals surface area contributed by atoms with Crippen LogP contribution < -0.4 is 11.1 Å². The number of amides is 1. The van der Waals surface area contributed by atoms with Gasteiger partial charge in [0, 0.05) is 23.5 Å². The van der Waals surface area contributed by atoms with E-state index in [1.165, 1.54) is 6.20 Å². The Hall–Kier alpha value is -2.61. The molecule has 0 bridgehead atoms. The summed E-state index contributed by atoms with van der Waals surface area (Å²) in [6, 6.07) is 9.67. The average Bonchev–Trinajstić information content (AvgIpc) is 2.37. The van der Waals surface area contributed by atoms with E-state index in [4.69, 9.17) is 5.73 Å². The van der Waals surface area contributed by atoms with Crippen LogP contribution in [0.25, 0.3) is 10.9 Å². The maximum Gasteiger partial charge on any atom is 0.219 e. The molecule has 0 aliphatic rings. The standard InChI is InChI=1S/C15H16N4O/c1-15(2,7-13(17)20)19-14-10(8-16)9-18-12-6-4-3-5-11(12)14/h3-6,9H,7H2,1-2H3,(H2,17,20)(H,18,19).